The summed E-state index contributed by atoms with van der Waals surface area (Å²) in [6.07, 6.45) is 3.25. The first kappa shape index (κ1) is 15.7. The van der Waals surface area contributed by atoms with Crippen LogP contribution in [0.3, 0.4) is 0 Å². The molecule has 24 heavy (non-hydrogen) atoms. The summed E-state index contributed by atoms with van der Waals surface area (Å²) in [5.74, 6) is -0.474. The maximum absolute atomic E-state index is 12.6. The van der Waals surface area contributed by atoms with E-state index < -0.39 is 12.0 Å². The third kappa shape index (κ3) is 3.43. The molecular weight excluding hydrogens is 306 g/mol. The van der Waals surface area contributed by atoms with Crippen molar-refractivity contribution in [2.75, 3.05) is 0 Å². The van der Waals surface area contributed by atoms with Crippen LogP contribution < -0.4 is 10.6 Å². The van der Waals surface area contributed by atoms with Crippen LogP contribution in [0.4, 0.5) is 4.79 Å². The molecule has 0 fully saturated rings. The maximum Gasteiger partial charge on any atom is 0.338 e. The van der Waals surface area contributed by atoms with Gasteiger partial charge in [0.2, 0.25) is 0 Å². The topological polar surface area (TPSA) is 80.3 Å². The second-order valence-corrected chi connectivity index (χ2v) is 5.42. The minimum absolute atomic E-state index is 0.171. The summed E-state index contributed by atoms with van der Waals surface area (Å²) < 4.78 is 5.42. The summed E-state index contributed by atoms with van der Waals surface area (Å²) in [6.45, 7) is 1.85. The first-order chi connectivity index (χ1) is 11.6. The Kier molecular flexibility index (Phi) is 4.56. The first-order valence-corrected chi connectivity index (χ1v) is 7.54. The Labute approximate surface area is 139 Å². The molecule has 6 nitrogen and oxygen atoms in total. The van der Waals surface area contributed by atoms with E-state index in [-0.39, 0.29) is 12.6 Å². The van der Waals surface area contributed by atoms with Crippen LogP contribution in [0.5, 0.6) is 0 Å². The number of pyridine rings is 1. The molecule has 0 saturated heterocycles. The largest absolute Gasteiger partial charge is 0.457 e. The molecule has 1 atom stereocenters. The standard InChI is InChI=1S/C18H17N3O3/c1-12-15(17(22)24-11-13-6-3-2-4-7-13)16(21-18(23)20-12)14-8-5-9-19-10-14/h2-10,16H,11H2,1H3,(H2,20,21,23)/t16-/m1/s1. The molecule has 2 heterocycles. The highest BCUT2D eigenvalue weighted by molar-refractivity contribution is 5.94. The normalized spacial score (nSPS) is 17.0. The number of hydrogen-bond donors (Lipinski definition) is 2. The van der Waals surface area contributed by atoms with Gasteiger partial charge in [-0.1, -0.05) is 36.4 Å². The molecule has 0 aliphatic carbocycles. The van der Waals surface area contributed by atoms with E-state index in [1.807, 2.05) is 30.3 Å². The Hall–Kier alpha value is -3.15. The zero-order valence-electron chi connectivity index (χ0n) is 13.2. The van der Waals surface area contributed by atoms with Crippen LogP contribution >= 0.6 is 0 Å². The number of hydrogen-bond acceptors (Lipinski definition) is 4. The number of esters is 1. The molecule has 0 unspecified atom stereocenters. The summed E-state index contributed by atoms with van der Waals surface area (Å²) in [7, 11) is 0. The van der Waals surface area contributed by atoms with Crippen LogP contribution in [0, 0.1) is 0 Å². The van der Waals surface area contributed by atoms with Crippen molar-refractivity contribution in [3.8, 4) is 0 Å². The van der Waals surface area contributed by atoms with E-state index in [2.05, 4.69) is 15.6 Å². The summed E-state index contributed by atoms with van der Waals surface area (Å²) in [4.78, 5) is 28.4. The SMILES string of the molecule is CC1=C(C(=O)OCc2ccccc2)[C@@H](c2cccnc2)NC(=O)N1. The zero-order valence-corrected chi connectivity index (χ0v) is 13.2. The van der Waals surface area contributed by atoms with Crippen molar-refractivity contribution in [1.82, 2.24) is 15.6 Å². The highest BCUT2D eigenvalue weighted by Crippen LogP contribution is 2.27. The summed E-state index contributed by atoms with van der Waals surface area (Å²) >= 11 is 0. The summed E-state index contributed by atoms with van der Waals surface area (Å²) in [6, 6.07) is 12.0. The zero-order chi connectivity index (χ0) is 16.9. The number of nitrogens with one attached hydrogen (secondary N) is 2. The van der Waals surface area contributed by atoms with Gasteiger partial charge in [-0.3, -0.25) is 4.98 Å². The molecule has 1 aromatic carbocycles. The Morgan fingerprint density at radius 1 is 1.21 bits per heavy atom. The number of allylic oxidation sites excluding steroid dienone is 1. The van der Waals surface area contributed by atoms with Gasteiger partial charge in [0.05, 0.1) is 11.6 Å². The molecule has 122 valence electrons. The minimum Gasteiger partial charge on any atom is -0.457 e. The fraction of sp³-hybridized carbons (Fsp3) is 0.167. The predicted molar refractivity (Wildman–Crippen MR) is 87.6 cm³/mol. The van der Waals surface area contributed by atoms with Crippen LogP contribution in [0.15, 0.2) is 66.1 Å². The van der Waals surface area contributed by atoms with Crippen LogP contribution in [-0.2, 0) is 16.1 Å². The van der Waals surface area contributed by atoms with Crippen LogP contribution in [0.1, 0.15) is 24.1 Å². The number of aromatic nitrogens is 1. The van der Waals surface area contributed by atoms with Gasteiger partial charge < -0.3 is 15.4 Å². The van der Waals surface area contributed by atoms with Crippen molar-refractivity contribution >= 4 is 12.0 Å². The lowest BCUT2D eigenvalue weighted by atomic mass is 9.97. The van der Waals surface area contributed by atoms with E-state index in [1.165, 1.54) is 0 Å². The number of amides is 2. The number of ether oxygens (including phenoxy) is 1. The molecule has 2 N–H and O–H groups in total. The van der Waals surface area contributed by atoms with E-state index in [9.17, 15) is 9.59 Å². The van der Waals surface area contributed by atoms with Gasteiger partial charge in [-0.05, 0) is 24.1 Å². The van der Waals surface area contributed by atoms with Crippen molar-refractivity contribution < 1.29 is 14.3 Å². The molecule has 3 rings (SSSR count). The highest BCUT2D eigenvalue weighted by atomic mass is 16.5. The third-order valence-electron chi connectivity index (χ3n) is 3.72. The van der Waals surface area contributed by atoms with Gasteiger partial charge in [0.25, 0.3) is 0 Å². The van der Waals surface area contributed by atoms with Gasteiger partial charge >= 0.3 is 12.0 Å². The Morgan fingerprint density at radius 3 is 2.71 bits per heavy atom. The molecule has 1 aromatic heterocycles. The van der Waals surface area contributed by atoms with E-state index in [0.717, 1.165) is 11.1 Å². The second-order valence-electron chi connectivity index (χ2n) is 5.42. The average Bonchev–Trinajstić information content (AvgIpc) is 2.60. The second kappa shape index (κ2) is 6.95. The van der Waals surface area contributed by atoms with Gasteiger partial charge in [-0.25, -0.2) is 9.59 Å². The van der Waals surface area contributed by atoms with E-state index in [1.54, 1.807) is 31.5 Å². The van der Waals surface area contributed by atoms with Crippen molar-refractivity contribution in [1.29, 1.82) is 0 Å². The number of carbonyl (C=O) groups is 2. The van der Waals surface area contributed by atoms with E-state index in [0.29, 0.717) is 11.3 Å². The van der Waals surface area contributed by atoms with Crippen LogP contribution in [0.25, 0.3) is 0 Å². The Bertz CT molecular complexity index is 773. The first-order valence-electron chi connectivity index (χ1n) is 7.54. The smallest absolute Gasteiger partial charge is 0.338 e. The molecule has 0 spiro atoms. The minimum atomic E-state index is -0.587. The summed E-state index contributed by atoms with van der Waals surface area (Å²) in [5.41, 5.74) is 2.47. The van der Waals surface area contributed by atoms with Gasteiger partial charge in [0, 0.05) is 18.1 Å². The monoisotopic (exact) mass is 323 g/mol. The van der Waals surface area contributed by atoms with Gasteiger partial charge in [-0.15, -0.1) is 0 Å². The van der Waals surface area contributed by atoms with Crippen molar-refractivity contribution in [2.24, 2.45) is 0 Å². The van der Waals surface area contributed by atoms with Crippen LogP contribution in [0.2, 0.25) is 0 Å². The number of nitrogens with zero attached hydrogens (tertiary/aromatic N) is 1. The fourth-order valence-electron chi connectivity index (χ4n) is 2.56. The van der Waals surface area contributed by atoms with Gasteiger partial charge in [-0.2, -0.15) is 0 Å². The predicted octanol–water partition coefficient (Wildman–Crippen LogP) is 2.45. The quantitative estimate of drug-likeness (QED) is 0.847. The molecule has 0 saturated carbocycles. The lowest BCUT2D eigenvalue weighted by Crippen LogP contribution is -2.45. The average molecular weight is 323 g/mol. The van der Waals surface area contributed by atoms with E-state index in [4.69, 9.17) is 4.74 Å². The molecule has 2 amide bonds. The molecule has 1 aliphatic heterocycles. The Morgan fingerprint density at radius 2 is 2.00 bits per heavy atom. The van der Waals surface area contributed by atoms with Crippen LogP contribution in [-0.4, -0.2) is 17.0 Å². The lowest BCUT2D eigenvalue weighted by Gasteiger charge is -2.27. The molecule has 2 aromatic rings. The molecular formula is C18H17N3O3. The fourth-order valence-corrected chi connectivity index (χ4v) is 2.56. The number of rotatable bonds is 4. The Balaban J connectivity index is 1.83. The maximum atomic E-state index is 12.6. The van der Waals surface area contributed by atoms with Crippen molar-refractivity contribution in [3.05, 3.63) is 77.3 Å². The molecule has 6 heteroatoms. The molecule has 1 aliphatic rings. The summed E-state index contributed by atoms with van der Waals surface area (Å²) in [5, 5.41) is 5.36. The van der Waals surface area contributed by atoms with Crippen molar-refractivity contribution in [3.63, 3.8) is 0 Å². The lowest BCUT2D eigenvalue weighted by molar-refractivity contribution is -0.140. The number of carbonyl (C=O) groups excluding carboxylic acids is 2. The van der Waals surface area contributed by atoms with Gasteiger partial charge in [0.1, 0.15) is 6.61 Å². The molecule has 0 radical (unpaired) electrons. The van der Waals surface area contributed by atoms with E-state index >= 15 is 0 Å². The molecule has 0 bridgehead atoms. The highest BCUT2D eigenvalue weighted by Gasteiger charge is 2.32. The van der Waals surface area contributed by atoms with Gasteiger partial charge in [0.15, 0.2) is 0 Å². The number of urea groups is 1. The number of benzene rings is 1. The third-order valence-corrected chi connectivity index (χ3v) is 3.72. The van der Waals surface area contributed by atoms with Crippen molar-refractivity contribution in [2.45, 2.75) is 19.6 Å².